The minimum absolute atomic E-state index is 0. The molecule has 5 rings (SSSR count). The van der Waals surface area contributed by atoms with E-state index in [0.29, 0.717) is 24.8 Å². The highest BCUT2D eigenvalue weighted by Crippen LogP contribution is 2.45. The van der Waals surface area contributed by atoms with Gasteiger partial charge in [-0.2, -0.15) is 0 Å². The van der Waals surface area contributed by atoms with E-state index in [1.54, 1.807) is 0 Å². The number of benzene rings is 1. The Labute approximate surface area is 165 Å². The van der Waals surface area contributed by atoms with Gasteiger partial charge in [-0.3, -0.25) is 4.79 Å². The zero-order valence-corrected chi connectivity index (χ0v) is 16.2. The Morgan fingerprint density at radius 3 is 2.96 bits per heavy atom. The van der Waals surface area contributed by atoms with Gasteiger partial charge in [-0.05, 0) is 43.3 Å². The van der Waals surface area contributed by atoms with Crippen molar-refractivity contribution in [3.05, 3.63) is 53.2 Å². The van der Waals surface area contributed by atoms with Crippen molar-refractivity contribution in [1.29, 1.82) is 0 Å². The fraction of sp³-hybridized carbons (Fsp3) is 0.524. The summed E-state index contributed by atoms with van der Waals surface area (Å²) in [5.74, 6) is 3.57. The second-order valence-electron chi connectivity index (χ2n) is 7.91. The molecule has 2 aromatic rings. The molecule has 2 aliphatic heterocycles. The van der Waals surface area contributed by atoms with Crippen LogP contribution in [0.5, 0.6) is 0 Å². The van der Waals surface area contributed by atoms with Gasteiger partial charge in [0, 0.05) is 25.3 Å². The highest BCUT2D eigenvalue weighted by atomic mass is 35.5. The number of rotatable bonds is 3. The number of aromatic nitrogens is 1. The quantitative estimate of drug-likeness (QED) is 0.879. The number of hydrogen-bond acceptors (Lipinski definition) is 4. The number of nitrogens with zero attached hydrogens (tertiary/aromatic N) is 2. The zero-order valence-electron chi connectivity index (χ0n) is 15.4. The predicted octanol–water partition coefficient (Wildman–Crippen LogP) is 2.82. The third-order valence-corrected chi connectivity index (χ3v) is 6.35. The fourth-order valence-corrected chi connectivity index (χ4v) is 4.81. The molecular weight excluding hydrogens is 362 g/mol. The molecule has 0 unspecified atom stereocenters. The molecule has 5 nitrogen and oxygen atoms in total. The molecule has 1 aromatic carbocycles. The molecule has 1 aromatic heterocycles. The summed E-state index contributed by atoms with van der Waals surface area (Å²) in [4.78, 5) is 19.7. The van der Waals surface area contributed by atoms with Gasteiger partial charge < -0.3 is 14.6 Å². The Kier molecular flexibility index (Phi) is 5.24. The van der Waals surface area contributed by atoms with Crippen LogP contribution in [0.4, 0.5) is 0 Å². The van der Waals surface area contributed by atoms with Crippen LogP contribution in [0.3, 0.4) is 0 Å². The topological polar surface area (TPSA) is 58.4 Å². The van der Waals surface area contributed by atoms with Crippen LogP contribution in [0.2, 0.25) is 0 Å². The minimum Gasteiger partial charge on any atom is -0.445 e. The Morgan fingerprint density at radius 1 is 1.30 bits per heavy atom. The molecular formula is C21H26ClN3O2. The van der Waals surface area contributed by atoms with Gasteiger partial charge in [0.25, 0.3) is 0 Å². The van der Waals surface area contributed by atoms with E-state index in [-0.39, 0.29) is 18.3 Å². The first-order valence-corrected chi connectivity index (χ1v) is 9.79. The molecule has 1 saturated heterocycles. The van der Waals surface area contributed by atoms with Crippen molar-refractivity contribution in [3.8, 4) is 0 Å². The number of carbonyl (C=O) groups excluding carboxylic acids is 1. The average molecular weight is 388 g/mol. The van der Waals surface area contributed by atoms with Crippen LogP contribution >= 0.6 is 12.4 Å². The molecule has 0 radical (unpaired) electrons. The Morgan fingerprint density at radius 2 is 2.15 bits per heavy atom. The van der Waals surface area contributed by atoms with Crippen molar-refractivity contribution in [2.24, 2.45) is 17.8 Å². The number of oxazole rings is 1. The van der Waals surface area contributed by atoms with Crippen LogP contribution < -0.4 is 5.32 Å². The van der Waals surface area contributed by atoms with Crippen molar-refractivity contribution in [2.45, 2.75) is 32.2 Å². The molecule has 3 heterocycles. The van der Waals surface area contributed by atoms with Crippen molar-refractivity contribution >= 4 is 18.3 Å². The van der Waals surface area contributed by atoms with E-state index in [1.807, 2.05) is 23.1 Å². The number of carbonyl (C=O) groups is 1. The van der Waals surface area contributed by atoms with Crippen molar-refractivity contribution in [2.75, 3.05) is 19.6 Å². The van der Waals surface area contributed by atoms with Crippen molar-refractivity contribution in [1.82, 2.24) is 15.2 Å². The number of hydrogen-bond donors (Lipinski definition) is 1. The lowest BCUT2D eigenvalue weighted by atomic mass is 9.61. The maximum atomic E-state index is 13.0. The summed E-state index contributed by atoms with van der Waals surface area (Å²) in [7, 11) is 0. The summed E-state index contributed by atoms with van der Waals surface area (Å²) >= 11 is 0. The first-order chi connectivity index (χ1) is 12.8. The maximum Gasteiger partial charge on any atom is 0.226 e. The Hall–Kier alpha value is -1.85. The van der Waals surface area contributed by atoms with Gasteiger partial charge in [0.1, 0.15) is 11.5 Å². The number of fused-ring (bicyclic) bond motifs is 2. The van der Waals surface area contributed by atoms with Crippen LogP contribution in [0, 0.1) is 17.8 Å². The van der Waals surface area contributed by atoms with Gasteiger partial charge in [-0.25, -0.2) is 4.98 Å². The van der Waals surface area contributed by atoms with E-state index in [1.165, 1.54) is 12.0 Å². The van der Waals surface area contributed by atoms with E-state index in [2.05, 4.69) is 17.4 Å². The summed E-state index contributed by atoms with van der Waals surface area (Å²) in [6.45, 7) is 3.48. The van der Waals surface area contributed by atoms with E-state index >= 15 is 0 Å². The molecule has 27 heavy (non-hydrogen) atoms. The fourth-order valence-electron chi connectivity index (χ4n) is 4.81. The molecule has 1 amide bonds. The molecule has 1 N–H and O–H groups in total. The van der Waals surface area contributed by atoms with Gasteiger partial charge in [0.2, 0.25) is 5.91 Å². The monoisotopic (exact) mass is 387 g/mol. The van der Waals surface area contributed by atoms with Crippen molar-refractivity contribution in [3.63, 3.8) is 0 Å². The van der Waals surface area contributed by atoms with E-state index in [0.717, 1.165) is 55.7 Å². The lowest BCUT2D eigenvalue weighted by molar-refractivity contribution is -0.146. The molecule has 1 saturated carbocycles. The molecule has 2 fully saturated rings. The smallest absolute Gasteiger partial charge is 0.226 e. The number of nitrogens with one attached hydrogen (secondary N) is 1. The van der Waals surface area contributed by atoms with Crippen LogP contribution in [0.25, 0.3) is 0 Å². The number of halogens is 1. The highest BCUT2D eigenvalue weighted by Gasteiger charge is 2.47. The van der Waals surface area contributed by atoms with Gasteiger partial charge >= 0.3 is 0 Å². The average Bonchev–Trinajstić information content (AvgIpc) is 3.04. The van der Waals surface area contributed by atoms with Gasteiger partial charge in [-0.1, -0.05) is 30.3 Å². The number of amides is 1. The summed E-state index contributed by atoms with van der Waals surface area (Å²) in [6, 6.07) is 10.3. The second-order valence-corrected chi connectivity index (χ2v) is 7.91. The first-order valence-electron chi connectivity index (χ1n) is 9.79. The Balaban J connectivity index is 0.00000180. The molecule has 3 atom stereocenters. The standard InChI is InChI=1S/C21H25N3O2.ClH/c25-21(16-11-15-6-8-22-12-17(15)16)24-9-7-19-18(13-24)23-20(26-19)10-14-4-2-1-3-5-14;/h1-5,15-17,22H,6-13H2;1H/t15-,16-,17-;/m1./s1. The second kappa shape index (κ2) is 7.64. The molecule has 0 bridgehead atoms. The largest absolute Gasteiger partial charge is 0.445 e. The van der Waals surface area contributed by atoms with Crippen LogP contribution in [-0.4, -0.2) is 35.4 Å². The van der Waals surface area contributed by atoms with Crippen molar-refractivity contribution < 1.29 is 9.21 Å². The SMILES string of the molecule is Cl.O=C([C@@H]1C[C@H]2CCNC[C@H]21)N1CCc2oc(Cc3ccccc3)nc2C1. The highest BCUT2D eigenvalue weighted by molar-refractivity contribution is 5.85. The normalized spacial score (nSPS) is 26.4. The van der Waals surface area contributed by atoms with Crippen LogP contribution in [-0.2, 0) is 24.2 Å². The maximum absolute atomic E-state index is 13.0. The molecule has 6 heteroatoms. The predicted molar refractivity (Wildman–Crippen MR) is 105 cm³/mol. The third-order valence-electron chi connectivity index (χ3n) is 6.35. The molecule has 0 spiro atoms. The summed E-state index contributed by atoms with van der Waals surface area (Å²) in [6.07, 6.45) is 3.79. The van der Waals surface area contributed by atoms with Gasteiger partial charge in [-0.15, -0.1) is 12.4 Å². The van der Waals surface area contributed by atoms with E-state index < -0.39 is 0 Å². The van der Waals surface area contributed by atoms with Crippen LogP contribution in [0.1, 0.15) is 35.7 Å². The van der Waals surface area contributed by atoms with E-state index in [9.17, 15) is 4.79 Å². The van der Waals surface area contributed by atoms with Gasteiger partial charge in [0.15, 0.2) is 5.89 Å². The van der Waals surface area contributed by atoms with Gasteiger partial charge in [0.05, 0.1) is 6.54 Å². The zero-order chi connectivity index (χ0) is 17.5. The minimum atomic E-state index is 0. The van der Waals surface area contributed by atoms with Crippen LogP contribution in [0.15, 0.2) is 34.7 Å². The first kappa shape index (κ1) is 18.5. The molecule has 1 aliphatic carbocycles. The molecule has 3 aliphatic rings. The number of piperidine rings is 1. The Bertz CT molecular complexity index is 807. The lowest BCUT2D eigenvalue weighted by Gasteiger charge is -2.48. The summed E-state index contributed by atoms with van der Waals surface area (Å²) < 4.78 is 5.97. The van der Waals surface area contributed by atoms with E-state index in [4.69, 9.17) is 9.40 Å². The molecule has 144 valence electrons. The third kappa shape index (κ3) is 3.50. The summed E-state index contributed by atoms with van der Waals surface area (Å²) in [5.41, 5.74) is 2.15. The summed E-state index contributed by atoms with van der Waals surface area (Å²) in [5, 5.41) is 3.45. The lowest BCUT2D eigenvalue weighted by Crippen LogP contribution is -2.55.